The number of anilines is 2. The summed E-state index contributed by atoms with van der Waals surface area (Å²) in [5.41, 5.74) is 6.07. The molecule has 2 aromatic carbocycles. The van der Waals surface area contributed by atoms with Crippen molar-refractivity contribution in [3.8, 4) is 11.3 Å². The molecule has 1 heterocycles. The van der Waals surface area contributed by atoms with E-state index in [0.29, 0.717) is 10.7 Å². The second kappa shape index (κ2) is 7.07. The summed E-state index contributed by atoms with van der Waals surface area (Å²) in [7, 11) is 3.94. The lowest BCUT2D eigenvalue weighted by Crippen LogP contribution is -2.13. The number of rotatable bonds is 4. The molecule has 3 rings (SSSR count). The molecule has 0 atom stereocenters. The number of benzene rings is 2. The van der Waals surface area contributed by atoms with Crippen LogP contribution in [0.2, 0.25) is 0 Å². The van der Waals surface area contributed by atoms with Crippen LogP contribution in [0.5, 0.6) is 0 Å². The maximum Gasteiger partial charge on any atom is 0.257 e. The topological polar surface area (TPSA) is 45.2 Å². The van der Waals surface area contributed by atoms with Gasteiger partial charge in [-0.15, -0.1) is 11.3 Å². The Hall–Kier alpha value is -2.66. The lowest BCUT2D eigenvalue weighted by Gasteiger charge is -2.12. The first kappa shape index (κ1) is 17.2. The summed E-state index contributed by atoms with van der Waals surface area (Å²) in [5, 5.41) is 5.47. The van der Waals surface area contributed by atoms with Crippen molar-refractivity contribution < 1.29 is 4.79 Å². The summed E-state index contributed by atoms with van der Waals surface area (Å²) in [6, 6.07) is 13.8. The molecule has 25 heavy (non-hydrogen) atoms. The highest BCUT2D eigenvalue weighted by atomic mass is 32.1. The molecule has 0 aliphatic rings. The summed E-state index contributed by atoms with van der Waals surface area (Å²) >= 11 is 1.44. The first-order valence-corrected chi connectivity index (χ1v) is 8.94. The standard InChI is InChI=1S/C20H21N3OS/c1-13-5-10-17(14(2)11-13)18-12-25-20(21-18)22-19(24)15-6-8-16(9-7-15)23(3)4/h5-12H,1-4H3,(H,21,22,24). The van der Waals surface area contributed by atoms with E-state index in [1.165, 1.54) is 22.5 Å². The van der Waals surface area contributed by atoms with Gasteiger partial charge in [-0.05, 0) is 43.7 Å². The zero-order valence-corrected chi connectivity index (χ0v) is 15.6. The minimum atomic E-state index is -0.146. The van der Waals surface area contributed by atoms with Gasteiger partial charge in [-0.3, -0.25) is 10.1 Å². The van der Waals surface area contributed by atoms with Crippen LogP contribution < -0.4 is 10.2 Å². The number of nitrogens with zero attached hydrogens (tertiary/aromatic N) is 2. The quantitative estimate of drug-likeness (QED) is 0.738. The maximum absolute atomic E-state index is 12.4. The largest absolute Gasteiger partial charge is 0.378 e. The van der Waals surface area contributed by atoms with Gasteiger partial charge in [0.2, 0.25) is 0 Å². The molecule has 0 saturated heterocycles. The van der Waals surface area contributed by atoms with E-state index in [-0.39, 0.29) is 5.91 Å². The number of nitrogens with one attached hydrogen (secondary N) is 1. The maximum atomic E-state index is 12.4. The van der Waals surface area contributed by atoms with E-state index in [4.69, 9.17) is 0 Å². The van der Waals surface area contributed by atoms with Gasteiger partial charge >= 0.3 is 0 Å². The van der Waals surface area contributed by atoms with Crippen LogP contribution in [0.15, 0.2) is 47.8 Å². The van der Waals surface area contributed by atoms with Crippen molar-refractivity contribution in [2.45, 2.75) is 13.8 Å². The van der Waals surface area contributed by atoms with Crippen LogP contribution in [0.1, 0.15) is 21.5 Å². The Bertz CT molecular complexity index is 898. The van der Waals surface area contributed by atoms with Crippen LogP contribution in [-0.4, -0.2) is 25.0 Å². The smallest absolute Gasteiger partial charge is 0.257 e. The minimum absolute atomic E-state index is 0.146. The van der Waals surface area contributed by atoms with Crippen LogP contribution in [-0.2, 0) is 0 Å². The molecular formula is C20H21N3OS. The summed E-state index contributed by atoms with van der Waals surface area (Å²) in [5.74, 6) is -0.146. The van der Waals surface area contributed by atoms with Crippen molar-refractivity contribution in [3.63, 3.8) is 0 Å². The average molecular weight is 351 g/mol. The summed E-state index contributed by atoms with van der Waals surface area (Å²) < 4.78 is 0. The highest BCUT2D eigenvalue weighted by molar-refractivity contribution is 7.14. The number of carbonyl (C=O) groups is 1. The van der Waals surface area contributed by atoms with Crippen LogP contribution in [0.25, 0.3) is 11.3 Å². The van der Waals surface area contributed by atoms with E-state index < -0.39 is 0 Å². The van der Waals surface area contributed by atoms with Gasteiger partial charge in [0, 0.05) is 36.3 Å². The molecule has 1 aromatic heterocycles. The minimum Gasteiger partial charge on any atom is -0.378 e. The molecule has 0 bridgehead atoms. The van der Waals surface area contributed by atoms with Crippen molar-refractivity contribution in [2.24, 2.45) is 0 Å². The van der Waals surface area contributed by atoms with E-state index in [9.17, 15) is 4.79 Å². The Kier molecular flexibility index (Phi) is 4.86. The summed E-state index contributed by atoms with van der Waals surface area (Å²) in [4.78, 5) is 19.0. The zero-order valence-electron chi connectivity index (χ0n) is 14.8. The molecule has 0 spiro atoms. The van der Waals surface area contributed by atoms with Crippen LogP contribution >= 0.6 is 11.3 Å². The van der Waals surface area contributed by atoms with Gasteiger partial charge in [-0.25, -0.2) is 4.98 Å². The molecule has 5 heteroatoms. The molecule has 4 nitrogen and oxygen atoms in total. The van der Waals surface area contributed by atoms with Crippen molar-refractivity contribution in [1.29, 1.82) is 0 Å². The monoisotopic (exact) mass is 351 g/mol. The third-order valence-corrected chi connectivity index (χ3v) is 4.79. The Morgan fingerprint density at radius 3 is 2.44 bits per heavy atom. The van der Waals surface area contributed by atoms with Gasteiger partial charge in [-0.1, -0.05) is 23.8 Å². The van der Waals surface area contributed by atoms with Crippen molar-refractivity contribution in [1.82, 2.24) is 4.98 Å². The van der Waals surface area contributed by atoms with Gasteiger partial charge in [0.05, 0.1) is 5.69 Å². The number of aryl methyl sites for hydroxylation is 2. The lowest BCUT2D eigenvalue weighted by atomic mass is 10.0. The number of carbonyl (C=O) groups excluding carboxylic acids is 1. The Morgan fingerprint density at radius 2 is 1.80 bits per heavy atom. The van der Waals surface area contributed by atoms with Crippen LogP contribution in [0.4, 0.5) is 10.8 Å². The molecular weight excluding hydrogens is 330 g/mol. The van der Waals surface area contributed by atoms with Gasteiger partial charge in [-0.2, -0.15) is 0 Å². The fraction of sp³-hybridized carbons (Fsp3) is 0.200. The molecule has 1 amide bonds. The van der Waals surface area contributed by atoms with Crippen LogP contribution in [0.3, 0.4) is 0 Å². The molecule has 0 saturated carbocycles. The average Bonchev–Trinajstić information content (AvgIpc) is 3.03. The normalized spacial score (nSPS) is 10.6. The number of hydrogen-bond acceptors (Lipinski definition) is 4. The number of aromatic nitrogens is 1. The molecule has 0 unspecified atom stereocenters. The molecule has 0 aliphatic heterocycles. The van der Waals surface area contributed by atoms with Gasteiger partial charge in [0.25, 0.3) is 5.91 Å². The first-order valence-electron chi connectivity index (χ1n) is 8.06. The third kappa shape index (κ3) is 3.88. The molecule has 0 aliphatic carbocycles. The first-order chi connectivity index (χ1) is 11.9. The van der Waals surface area contributed by atoms with Gasteiger partial charge in [0.15, 0.2) is 5.13 Å². The molecule has 3 aromatic rings. The predicted octanol–water partition coefficient (Wildman–Crippen LogP) is 4.75. The van der Waals surface area contributed by atoms with Gasteiger partial charge < -0.3 is 4.90 Å². The van der Waals surface area contributed by atoms with E-state index in [1.54, 1.807) is 0 Å². The SMILES string of the molecule is Cc1ccc(-c2csc(NC(=O)c3ccc(N(C)C)cc3)n2)c(C)c1. The number of hydrogen-bond donors (Lipinski definition) is 1. The second-order valence-electron chi connectivity index (χ2n) is 6.25. The Balaban J connectivity index is 1.75. The summed E-state index contributed by atoms with van der Waals surface area (Å²) in [6.45, 7) is 4.15. The van der Waals surface area contributed by atoms with Crippen LogP contribution in [0, 0.1) is 13.8 Å². The molecule has 128 valence electrons. The van der Waals surface area contributed by atoms with E-state index in [1.807, 2.05) is 48.6 Å². The Morgan fingerprint density at radius 1 is 1.08 bits per heavy atom. The third-order valence-electron chi connectivity index (χ3n) is 4.03. The fourth-order valence-electron chi connectivity index (χ4n) is 2.64. The summed E-state index contributed by atoms with van der Waals surface area (Å²) in [6.07, 6.45) is 0. The highest BCUT2D eigenvalue weighted by Gasteiger charge is 2.11. The zero-order chi connectivity index (χ0) is 18.0. The van der Waals surface area contributed by atoms with Gasteiger partial charge in [0.1, 0.15) is 0 Å². The fourth-order valence-corrected chi connectivity index (χ4v) is 3.34. The Labute approximate surface area is 152 Å². The molecule has 0 fully saturated rings. The van der Waals surface area contributed by atoms with E-state index >= 15 is 0 Å². The van der Waals surface area contributed by atoms with Crippen molar-refractivity contribution >= 4 is 28.1 Å². The molecule has 0 radical (unpaired) electrons. The van der Waals surface area contributed by atoms with Crippen molar-refractivity contribution in [2.75, 3.05) is 24.3 Å². The number of amides is 1. The van der Waals surface area contributed by atoms with E-state index in [0.717, 1.165) is 16.9 Å². The lowest BCUT2D eigenvalue weighted by molar-refractivity contribution is 0.102. The predicted molar refractivity (Wildman–Crippen MR) is 106 cm³/mol. The molecule has 1 N–H and O–H groups in total. The second-order valence-corrected chi connectivity index (χ2v) is 7.11. The highest BCUT2D eigenvalue weighted by Crippen LogP contribution is 2.28. The van der Waals surface area contributed by atoms with Crippen molar-refractivity contribution in [3.05, 3.63) is 64.5 Å². The number of thiazole rings is 1. The van der Waals surface area contributed by atoms with E-state index in [2.05, 4.69) is 42.3 Å².